The molecule has 0 aromatic heterocycles. The van der Waals surface area contributed by atoms with E-state index >= 15 is 0 Å². The van der Waals surface area contributed by atoms with E-state index < -0.39 is 5.72 Å². The number of rotatable bonds is 3. The molecule has 0 aliphatic carbocycles. The Morgan fingerprint density at radius 1 is 1.15 bits per heavy atom. The maximum Gasteiger partial charge on any atom is 0.328 e. The number of esters is 1. The van der Waals surface area contributed by atoms with Crippen molar-refractivity contribution in [2.45, 2.75) is 31.9 Å². The second-order valence-electron chi connectivity index (χ2n) is 7.54. The molecule has 1 N–H and O–H groups in total. The number of para-hydroxylation sites is 1. The first-order valence-corrected chi connectivity index (χ1v) is 8.99. The van der Waals surface area contributed by atoms with Crippen molar-refractivity contribution in [3.63, 3.8) is 0 Å². The average molecular weight is 362 g/mol. The van der Waals surface area contributed by atoms with E-state index in [1.165, 1.54) is 12.5 Å². The minimum atomic E-state index is -0.843. The topological polar surface area (TPSA) is 58.6 Å². The summed E-state index contributed by atoms with van der Waals surface area (Å²) in [5.41, 5.74) is 2.70. The predicted octanol–water partition coefficient (Wildman–Crippen LogP) is 3.71. The molecule has 0 bridgehead atoms. The Kier molecular flexibility index (Phi) is 3.84. The fourth-order valence-electron chi connectivity index (χ4n) is 4.09. The Morgan fingerprint density at radius 2 is 1.85 bits per heavy atom. The summed E-state index contributed by atoms with van der Waals surface area (Å²) in [4.78, 5) is 25.4. The molecule has 2 aliphatic rings. The van der Waals surface area contributed by atoms with Gasteiger partial charge in [-0.05, 0) is 49.2 Å². The van der Waals surface area contributed by atoms with Crippen molar-refractivity contribution in [3.05, 3.63) is 65.7 Å². The van der Waals surface area contributed by atoms with Crippen LogP contribution in [0, 0.1) is 0 Å². The van der Waals surface area contributed by atoms with Gasteiger partial charge in [-0.15, -0.1) is 0 Å². The lowest BCUT2D eigenvalue weighted by Gasteiger charge is -2.38. The number of hydrogen-bond acceptors (Lipinski definition) is 4. The van der Waals surface area contributed by atoms with E-state index in [2.05, 4.69) is 25.2 Å². The van der Waals surface area contributed by atoms with E-state index in [0.29, 0.717) is 0 Å². The van der Waals surface area contributed by atoms with Crippen LogP contribution >= 0.6 is 0 Å². The molecule has 5 nitrogen and oxygen atoms in total. The summed E-state index contributed by atoms with van der Waals surface area (Å²) < 4.78 is 5.91. The number of ether oxygens (including phenoxy) is 1. The van der Waals surface area contributed by atoms with E-state index in [4.69, 9.17) is 4.74 Å². The highest BCUT2D eigenvalue weighted by Gasteiger charge is 2.62. The molecule has 1 atom stereocenters. The van der Waals surface area contributed by atoms with E-state index in [0.717, 1.165) is 16.9 Å². The van der Waals surface area contributed by atoms with Crippen LogP contribution < -0.4 is 10.2 Å². The van der Waals surface area contributed by atoms with Crippen molar-refractivity contribution in [3.8, 4) is 0 Å². The fraction of sp³-hybridized carbons (Fsp3) is 0.273. The third-order valence-corrected chi connectivity index (χ3v) is 5.45. The van der Waals surface area contributed by atoms with Crippen LogP contribution in [0.2, 0.25) is 0 Å². The first-order valence-electron chi connectivity index (χ1n) is 8.99. The molecular formula is C22H22N2O3. The zero-order chi connectivity index (χ0) is 19.2. The van der Waals surface area contributed by atoms with Crippen molar-refractivity contribution in [1.29, 1.82) is 0 Å². The Morgan fingerprint density at radius 3 is 2.56 bits per heavy atom. The second-order valence-corrected chi connectivity index (χ2v) is 7.54. The molecule has 2 aliphatic heterocycles. The Labute approximate surface area is 158 Å². The number of hydrogen-bond donors (Lipinski definition) is 1. The molecule has 5 heteroatoms. The molecule has 27 heavy (non-hydrogen) atoms. The van der Waals surface area contributed by atoms with E-state index in [9.17, 15) is 9.59 Å². The van der Waals surface area contributed by atoms with E-state index in [1.54, 1.807) is 0 Å². The molecule has 0 spiro atoms. The smallest absolute Gasteiger partial charge is 0.328 e. The summed E-state index contributed by atoms with van der Waals surface area (Å²) in [5.74, 6) is -0.320. The molecule has 1 unspecified atom stereocenters. The van der Waals surface area contributed by atoms with Crippen LogP contribution in [0.3, 0.4) is 0 Å². The van der Waals surface area contributed by atoms with E-state index in [-0.39, 0.29) is 23.8 Å². The summed E-state index contributed by atoms with van der Waals surface area (Å²) in [6.07, 6.45) is 3.95. The van der Waals surface area contributed by atoms with Gasteiger partial charge in [0.2, 0.25) is 11.6 Å². The quantitative estimate of drug-likeness (QED) is 0.846. The molecule has 2 aromatic rings. The number of fused-ring (bicyclic) bond motifs is 3. The lowest BCUT2D eigenvalue weighted by atomic mass is 9.77. The van der Waals surface area contributed by atoms with Gasteiger partial charge in [0, 0.05) is 18.3 Å². The van der Waals surface area contributed by atoms with Gasteiger partial charge in [0.25, 0.3) is 0 Å². The minimum absolute atomic E-state index is 0.101. The van der Waals surface area contributed by atoms with Crippen LogP contribution in [0.4, 0.5) is 11.4 Å². The van der Waals surface area contributed by atoms with Crippen LogP contribution in [-0.4, -0.2) is 24.1 Å². The highest BCUT2D eigenvalue weighted by atomic mass is 16.6. The monoisotopic (exact) mass is 362 g/mol. The zero-order valence-corrected chi connectivity index (χ0v) is 15.7. The number of nitrogens with one attached hydrogen (secondary N) is 1. The van der Waals surface area contributed by atoms with Crippen molar-refractivity contribution >= 4 is 29.3 Å². The van der Waals surface area contributed by atoms with Crippen LogP contribution in [0.15, 0.2) is 54.6 Å². The molecule has 0 radical (unpaired) electrons. The normalized spacial score (nSPS) is 22.5. The van der Waals surface area contributed by atoms with Gasteiger partial charge in [0.1, 0.15) is 6.54 Å². The van der Waals surface area contributed by atoms with Crippen LogP contribution in [0.1, 0.15) is 31.9 Å². The Bertz CT molecular complexity index is 946. The lowest BCUT2D eigenvalue weighted by Crippen LogP contribution is -2.51. The van der Waals surface area contributed by atoms with E-state index in [1.807, 2.05) is 59.5 Å². The van der Waals surface area contributed by atoms with Crippen molar-refractivity contribution in [2.24, 2.45) is 0 Å². The van der Waals surface area contributed by atoms with Crippen LogP contribution in [0.25, 0.3) is 6.08 Å². The average Bonchev–Trinajstić information content (AvgIpc) is 3.06. The van der Waals surface area contributed by atoms with Gasteiger partial charge in [0.05, 0.1) is 5.41 Å². The molecule has 2 heterocycles. The number of carbonyl (C=O) groups is 2. The maximum absolute atomic E-state index is 12.2. The highest BCUT2D eigenvalue weighted by Crippen LogP contribution is 2.55. The molecule has 2 aromatic carbocycles. The van der Waals surface area contributed by atoms with Crippen molar-refractivity contribution < 1.29 is 14.3 Å². The number of benzene rings is 2. The summed E-state index contributed by atoms with van der Waals surface area (Å²) in [7, 11) is 0. The maximum atomic E-state index is 12.2. The molecule has 4 rings (SSSR count). The van der Waals surface area contributed by atoms with Gasteiger partial charge in [-0.2, -0.15) is 0 Å². The van der Waals surface area contributed by atoms with Gasteiger partial charge in [-0.25, -0.2) is 0 Å². The zero-order valence-electron chi connectivity index (χ0n) is 15.7. The standard InChI is InChI=1S/C22H22N2O3/c1-15(25)23-17-10-8-16(9-11-17)12-13-22-21(2,3)18-6-4-5-7-19(18)24(22)14-20(26)27-22/h4-13H,14H2,1-3H3,(H,23,25). The largest absolute Gasteiger partial charge is 0.433 e. The van der Waals surface area contributed by atoms with Gasteiger partial charge in [-0.1, -0.05) is 36.4 Å². The van der Waals surface area contributed by atoms with Crippen LogP contribution in [0.5, 0.6) is 0 Å². The van der Waals surface area contributed by atoms with Gasteiger partial charge < -0.3 is 15.0 Å². The summed E-state index contributed by atoms with van der Waals surface area (Å²) in [5, 5.41) is 2.76. The number of amides is 1. The fourth-order valence-corrected chi connectivity index (χ4v) is 4.09. The molecular weight excluding hydrogens is 340 g/mol. The molecule has 0 saturated carbocycles. The summed E-state index contributed by atoms with van der Waals surface area (Å²) in [6.45, 7) is 5.94. The second kappa shape index (κ2) is 5.98. The molecule has 138 valence electrons. The lowest BCUT2D eigenvalue weighted by molar-refractivity contribution is -0.147. The number of carbonyl (C=O) groups excluding carboxylic acids is 2. The SMILES string of the molecule is CC(=O)Nc1ccc(C=CC23OC(=O)CN2c2ccccc2C3(C)C)cc1. The number of nitrogens with zero attached hydrogens (tertiary/aromatic N) is 1. The van der Waals surface area contributed by atoms with Crippen molar-refractivity contribution in [2.75, 3.05) is 16.8 Å². The number of anilines is 2. The van der Waals surface area contributed by atoms with Gasteiger partial charge in [-0.3, -0.25) is 9.59 Å². The molecule has 1 amide bonds. The first kappa shape index (κ1) is 17.3. The van der Waals surface area contributed by atoms with Crippen molar-refractivity contribution in [1.82, 2.24) is 0 Å². The Balaban J connectivity index is 1.70. The van der Waals surface area contributed by atoms with Crippen LogP contribution in [-0.2, 0) is 19.7 Å². The summed E-state index contributed by atoms with van der Waals surface area (Å²) in [6, 6.07) is 15.7. The summed E-state index contributed by atoms with van der Waals surface area (Å²) >= 11 is 0. The molecule has 1 fully saturated rings. The first-order chi connectivity index (χ1) is 12.8. The Hall–Kier alpha value is -3.08. The molecule has 1 saturated heterocycles. The third kappa shape index (κ3) is 2.62. The minimum Gasteiger partial charge on any atom is -0.433 e. The predicted molar refractivity (Wildman–Crippen MR) is 105 cm³/mol. The van der Waals surface area contributed by atoms with Gasteiger partial charge >= 0.3 is 5.97 Å². The van der Waals surface area contributed by atoms with Gasteiger partial charge in [0.15, 0.2) is 0 Å². The highest BCUT2D eigenvalue weighted by molar-refractivity contribution is 5.89. The third-order valence-electron chi connectivity index (χ3n) is 5.45.